The Morgan fingerprint density at radius 1 is 1.31 bits per heavy atom. The minimum absolute atomic E-state index is 0.0254. The number of carbonyl (C=O) groups is 2. The molecule has 1 N–H and O–H groups in total. The minimum Gasteiger partial charge on any atom is -0.296 e. The molecule has 0 heterocycles. The molecular formula is C10H10N2O4. The van der Waals surface area contributed by atoms with E-state index < -0.39 is 16.7 Å². The molecule has 0 saturated carbocycles. The fourth-order valence-corrected chi connectivity index (χ4v) is 1.16. The highest BCUT2D eigenvalue weighted by Crippen LogP contribution is 2.12. The fraction of sp³-hybridized carbons (Fsp3) is 0.200. The predicted molar refractivity (Wildman–Crippen MR) is 55.6 cm³/mol. The van der Waals surface area contributed by atoms with Crippen LogP contribution in [0.3, 0.4) is 0 Å². The molecule has 0 atom stereocenters. The van der Waals surface area contributed by atoms with Gasteiger partial charge in [0.05, 0.1) is 11.3 Å². The molecular weight excluding hydrogens is 212 g/mol. The number of hydrogen-bond donors (Lipinski definition) is 1. The van der Waals surface area contributed by atoms with Crippen molar-refractivity contribution in [2.24, 2.45) is 0 Å². The molecule has 0 unspecified atom stereocenters. The van der Waals surface area contributed by atoms with E-state index in [0.717, 1.165) is 0 Å². The van der Waals surface area contributed by atoms with E-state index >= 15 is 0 Å². The Labute approximate surface area is 91.4 Å². The number of benzene rings is 1. The van der Waals surface area contributed by atoms with Crippen LogP contribution in [0.2, 0.25) is 0 Å². The fourth-order valence-electron chi connectivity index (χ4n) is 1.16. The van der Waals surface area contributed by atoms with Crippen molar-refractivity contribution in [3.05, 3.63) is 39.9 Å². The number of rotatable bonds is 3. The Bertz CT molecular complexity index is 425. The number of imide groups is 1. The molecule has 1 rings (SSSR count). The molecule has 1 aromatic rings. The van der Waals surface area contributed by atoms with Gasteiger partial charge in [-0.1, -0.05) is 12.1 Å². The normalized spacial score (nSPS) is 9.56. The first-order valence-electron chi connectivity index (χ1n) is 4.53. The zero-order valence-electron chi connectivity index (χ0n) is 8.60. The number of nitrogens with one attached hydrogen (secondary N) is 1. The van der Waals surface area contributed by atoms with E-state index in [1.54, 1.807) is 0 Å². The molecule has 6 nitrogen and oxygen atoms in total. The van der Waals surface area contributed by atoms with Crippen LogP contribution < -0.4 is 5.32 Å². The molecule has 84 valence electrons. The summed E-state index contributed by atoms with van der Waals surface area (Å²) in [6.45, 7) is 1.24. The maximum Gasteiger partial charge on any atom is 0.269 e. The summed E-state index contributed by atoms with van der Waals surface area (Å²) in [5.41, 5.74) is 0.583. The van der Waals surface area contributed by atoms with Crippen molar-refractivity contribution >= 4 is 17.5 Å². The second kappa shape index (κ2) is 5.01. The van der Waals surface area contributed by atoms with E-state index in [9.17, 15) is 19.7 Å². The van der Waals surface area contributed by atoms with Crippen LogP contribution in [-0.2, 0) is 16.0 Å². The molecule has 0 fully saturated rings. The number of nitro benzene ring substituents is 1. The van der Waals surface area contributed by atoms with Crippen molar-refractivity contribution < 1.29 is 14.5 Å². The van der Waals surface area contributed by atoms with Gasteiger partial charge in [0.25, 0.3) is 5.69 Å². The number of nitrogens with zero attached hydrogens (tertiary/aromatic N) is 1. The summed E-state index contributed by atoms with van der Waals surface area (Å²) in [5, 5.41) is 12.5. The van der Waals surface area contributed by atoms with Crippen LogP contribution >= 0.6 is 0 Å². The van der Waals surface area contributed by atoms with Crippen LogP contribution in [0.4, 0.5) is 5.69 Å². The SMILES string of the molecule is CC(=O)NC(=O)Cc1ccc([N+](=O)[O-])cc1. The molecule has 0 radical (unpaired) electrons. The largest absolute Gasteiger partial charge is 0.296 e. The van der Waals surface area contributed by atoms with Gasteiger partial charge in [0, 0.05) is 19.1 Å². The van der Waals surface area contributed by atoms with Crippen molar-refractivity contribution in [2.45, 2.75) is 13.3 Å². The first-order valence-corrected chi connectivity index (χ1v) is 4.53. The second-order valence-electron chi connectivity index (χ2n) is 3.20. The van der Waals surface area contributed by atoms with Crippen LogP contribution in [-0.4, -0.2) is 16.7 Å². The van der Waals surface area contributed by atoms with Crippen LogP contribution in [0.25, 0.3) is 0 Å². The third kappa shape index (κ3) is 3.49. The van der Waals surface area contributed by atoms with Crippen molar-refractivity contribution in [1.29, 1.82) is 0 Å². The van der Waals surface area contributed by atoms with E-state index in [1.807, 2.05) is 0 Å². The van der Waals surface area contributed by atoms with Gasteiger partial charge in [0.15, 0.2) is 0 Å². The highest BCUT2D eigenvalue weighted by molar-refractivity contribution is 5.94. The molecule has 0 bridgehead atoms. The number of hydrogen-bond acceptors (Lipinski definition) is 4. The molecule has 0 saturated heterocycles. The van der Waals surface area contributed by atoms with Crippen molar-refractivity contribution in [1.82, 2.24) is 5.32 Å². The lowest BCUT2D eigenvalue weighted by Gasteiger charge is -2.00. The quantitative estimate of drug-likeness (QED) is 0.605. The third-order valence-corrected chi connectivity index (χ3v) is 1.83. The van der Waals surface area contributed by atoms with Crippen LogP contribution in [0, 0.1) is 10.1 Å². The highest BCUT2D eigenvalue weighted by atomic mass is 16.6. The van der Waals surface area contributed by atoms with Gasteiger partial charge in [-0.3, -0.25) is 25.0 Å². The average molecular weight is 222 g/mol. The summed E-state index contributed by atoms with van der Waals surface area (Å²) in [7, 11) is 0. The number of carbonyl (C=O) groups excluding carboxylic acids is 2. The first-order chi connectivity index (χ1) is 7.49. The van der Waals surface area contributed by atoms with E-state index in [1.165, 1.54) is 31.2 Å². The van der Waals surface area contributed by atoms with E-state index in [2.05, 4.69) is 5.32 Å². The van der Waals surface area contributed by atoms with E-state index in [-0.39, 0.29) is 12.1 Å². The van der Waals surface area contributed by atoms with Crippen molar-refractivity contribution in [3.8, 4) is 0 Å². The topological polar surface area (TPSA) is 89.3 Å². The summed E-state index contributed by atoms with van der Waals surface area (Å²) >= 11 is 0. The minimum atomic E-state index is -0.514. The summed E-state index contributed by atoms with van der Waals surface area (Å²) in [5.74, 6) is -0.853. The molecule has 0 aromatic heterocycles. The standard InChI is InChI=1S/C10H10N2O4/c1-7(13)11-10(14)6-8-2-4-9(5-3-8)12(15)16/h2-5H,6H2,1H3,(H,11,13,14). The van der Waals surface area contributed by atoms with Crippen LogP contribution in [0.1, 0.15) is 12.5 Å². The Kier molecular flexibility index (Phi) is 3.71. The Morgan fingerprint density at radius 2 is 1.88 bits per heavy atom. The Balaban J connectivity index is 2.65. The molecule has 1 aromatic carbocycles. The zero-order chi connectivity index (χ0) is 12.1. The van der Waals surface area contributed by atoms with Gasteiger partial charge in [-0.25, -0.2) is 0 Å². The van der Waals surface area contributed by atoms with Gasteiger partial charge < -0.3 is 0 Å². The molecule has 0 spiro atoms. The summed E-state index contributed by atoms with van der Waals surface area (Å²) in [6, 6.07) is 5.60. The predicted octanol–water partition coefficient (Wildman–Crippen LogP) is 0.800. The number of amides is 2. The zero-order valence-corrected chi connectivity index (χ0v) is 8.60. The van der Waals surface area contributed by atoms with E-state index in [4.69, 9.17) is 0 Å². The summed E-state index contributed by atoms with van der Waals surface area (Å²) in [4.78, 5) is 31.6. The molecule has 6 heteroatoms. The summed E-state index contributed by atoms with van der Waals surface area (Å²) < 4.78 is 0. The molecule has 0 aliphatic carbocycles. The summed E-state index contributed by atoms with van der Waals surface area (Å²) in [6.07, 6.45) is 0.0254. The van der Waals surface area contributed by atoms with Gasteiger partial charge in [-0.15, -0.1) is 0 Å². The van der Waals surface area contributed by atoms with Gasteiger partial charge in [0.1, 0.15) is 0 Å². The van der Waals surface area contributed by atoms with Crippen molar-refractivity contribution in [3.63, 3.8) is 0 Å². The lowest BCUT2D eigenvalue weighted by Crippen LogP contribution is -2.29. The molecule has 16 heavy (non-hydrogen) atoms. The first kappa shape index (κ1) is 11.8. The molecule has 0 aliphatic rings. The third-order valence-electron chi connectivity index (χ3n) is 1.83. The number of nitro groups is 1. The maximum atomic E-state index is 11.2. The maximum absolute atomic E-state index is 11.2. The van der Waals surface area contributed by atoms with Gasteiger partial charge in [-0.2, -0.15) is 0 Å². The smallest absolute Gasteiger partial charge is 0.269 e. The number of non-ortho nitro benzene ring substituents is 1. The van der Waals surface area contributed by atoms with E-state index in [0.29, 0.717) is 5.56 Å². The molecule has 2 amide bonds. The second-order valence-corrected chi connectivity index (χ2v) is 3.20. The Hall–Kier alpha value is -2.24. The van der Waals surface area contributed by atoms with Crippen LogP contribution in [0.5, 0.6) is 0 Å². The lowest BCUT2D eigenvalue weighted by atomic mass is 10.1. The molecule has 0 aliphatic heterocycles. The monoisotopic (exact) mass is 222 g/mol. The lowest BCUT2D eigenvalue weighted by molar-refractivity contribution is -0.384. The van der Waals surface area contributed by atoms with Gasteiger partial charge in [-0.05, 0) is 5.56 Å². The van der Waals surface area contributed by atoms with Crippen LogP contribution in [0.15, 0.2) is 24.3 Å². The van der Waals surface area contributed by atoms with Gasteiger partial charge in [0.2, 0.25) is 11.8 Å². The van der Waals surface area contributed by atoms with Gasteiger partial charge >= 0.3 is 0 Å². The Morgan fingerprint density at radius 3 is 2.31 bits per heavy atom. The average Bonchev–Trinajstić information content (AvgIpc) is 2.16. The highest BCUT2D eigenvalue weighted by Gasteiger charge is 2.07. The van der Waals surface area contributed by atoms with Crippen molar-refractivity contribution in [2.75, 3.05) is 0 Å².